The number of para-hydroxylation sites is 1. The van der Waals surface area contributed by atoms with Crippen molar-refractivity contribution in [3.8, 4) is 0 Å². The molecule has 1 unspecified atom stereocenters. The number of sulfonamides is 1. The number of amides is 1. The number of likely N-dealkylation sites (N-methyl/N-ethyl adjacent to an activating group) is 1. The summed E-state index contributed by atoms with van der Waals surface area (Å²) in [5.74, 6) is -0.233. The van der Waals surface area contributed by atoms with Crippen LogP contribution >= 0.6 is 11.3 Å². The summed E-state index contributed by atoms with van der Waals surface area (Å²) in [6.45, 7) is 2.22. The van der Waals surface area contributed by atoms with Crippen LogP contribution in [-0.2, 0) is 14.8 Å². The molecule has 0 saturated heterocycles. The maximum atomic E-state index is 13.3. The lowest BCUT2D eigenvalue weighted by molar-refractivity contribution is -0.117. The molecule has 1 aliphatic carbocycles. The third-order valence-corrected chi connectivity index (χ3v) is 8.93. The van der Waals surface area contributed by atoms with Crippen LogP contribution in [0.15, 0.2) is 46.7 Å². The van der Waals surface area contributed by atoms with Crippen LogP contribution < -0.4 is 5.32 Å². The Labute approximate surface area is 183 Å². The number of hydrogen-bond donors (Lipinski definition) is 1. The van der Waals surface area contributed by atoms with E-state index in [4.69, 9.17) is 0 Å². The van der Waals surface area contributed by atoms with E-state index in [0.717, 1.165) is 32.1 Å². The van der Waals surface area contributed by atoms with Gasteiger partial charge < -0.3 is 5.32 Å². The molecular weight excluding hydrogens is 418 g/mol. The van der Waals surface area contributed by atoms with Crippen LogP contribution in [0, 0.1) is 0 Å². The van der Waals surface area contributed by atoms with Crippen LogP contribution in [-0.4, -0.2) is 50.2 Å². The quantitative estimate of drug-likeness (QED) is 0.651. The number of carbonyl (C=O) groups excluding carboxylic acids is 1. The first-order valence-electron chi connectivity index (χ1n) is 10.4. The average molecular weight is 450 g/mol. The van der Waals surface area contributed by atoms with E-state index in [1.807, 2.05) is 29.5 Å². The van der Waals surface area contributed by atoms with Gasteiger partial charge in [-0.15, -0.1) is 11.3 Å². The molecule has 0 bridgehead atoms. The normalized spacial score (nSPS) is 16.7. The Morgan fingerprint density at radius 2 is 1.83 bits per heavy atom. The van der Waals surface area contributed by atoms with Gasteiger partial charge in [0, 0.05) is 24.0 Å². The smallest absolute Gasteiger partial charge is 0.245 e. The van der Waals surface area contributed by atoms with Gasteiger partial charge in [0.15, 0.2) is 0 Å². The van der Waals surface area contributed by atoms with Crippen LogP contribution in [0.1, 0.15) is 49.9 Å². The number of hydrogen-bond acceptors (Lipinski definition) is 5. The first-order chi connectivity index (χ1) is 14.3. The highest BCUT2D eigenvalue weighted by Crippen LogP contribution is 2.30. The Balaban J connectivity index is 1.72. The van der Waals surface area contributed by atoms with Crippen LogP contribution in [0.5, 0.6) is 0 Å². The molecular formula is C22H31N3O3S2. The lowest BCUT2D eigenvalue weighted by Gasteiger charge is -2.31. The molecule has 8 heteroatoms. The van der Waals surface area contributed by atoms with Gasteiger partial charge in [-0.1, -0.05) is 37.5 Å². The monoisotopic (exact) mass is 449 g/mol. The van der Waals surface area contributed by atoms with Gasteiger partial charge in [-0.2, -0.15) is 4.31 Å². The Kier molecular flexibility index (Phi) is 7.68. The highest BCUT2D eigenvalue weighted by atomic mass is 32.2. The molecule has 1 N–H and O–H groups in total. The SMILES string of the molecule is CC(c1cccs1)N(C)CC(=O)Nc1ccccc1S(=O)(=O)N(C)C1CCCCC1. The summed E-state index contributed by atoms with van der Waals surface area (Å²) < 4.78 is 28.1. The number of anilines is 1. The van der Waals surface area contributed by atoms with E-state index in [9.17, 15) is 13.2 Å². The minimum atomic E-state index is -3.69. The zero-order valence-electron chi connectivity index (χ0n) is 17.9. The second-order valence-electron chi connectivity index (χ2n) is 7.96. The van der Waals surface area contributed by atoms with E-state index in [1.54, 1.807) is 42.6 Å². The van der Waals surface area contributed by atoms with Gasteiger partial charge in [0.25, 0.3) is 0 Å². The number of carbonyl (C=O) groups is 1. The summed E-state index contributed by atoms with van der Waals surface area (Å²) in [5, 5.41) is 4.84. The molecule has 0 spiro atoms. The standard InChI is InChI=1S/C22H31N3O3S2/c1-17(20-13-9-15-29-20)24(2)16-22(26)23-19-12-7-8-14-21(19)30(27,28)25(3)18-10-5-4-6-11-18/h7-9,12-15,17-18H,4-6,10-11,16H2,1-3H3,(H,23,26). The van der Waals surface area contributed by atoms with Crippen molar-refractivity contribution >= 4 is 33.0 Å². The maximum absolute atomic E-state index is 13.3. The van der Waals surface area contributed by atoms with Crippen LogP contribution in [0.4, 0.5) is 5.69 Å². The summed E-state index contributed by atoms with van der Waals surface area (Å²) in [6.07, 6.45) is 5.04. The molecule has 1 heterocycles. The third kappa shape index (κ3) is 5.29. The molecule has 0 radical (unpaired) electrons. The van der Waals surface area contributed by atoms with E-state index in [0.29, 0.717) is 5.69 Å². The van der Waals surface area contributed by atoms with Gasteiger partial charge in [0.1, 0.15) is 4.90 Å². The van der Waals surface area contributed by atoms with Gasteiger partial charge in [0.2, 0.25) is 15.9 Å². The molecule has 30 heavy (non-hydrogen) atoms. The summed E-state index contributed by atoms with van der Waals surface area (Å²) in [4.78, 5) is 16.0. The molecule has 164 valence electrons. The van der Waals surface area contributed by atoms with Crippen molar-refractivity contribution < 1.29 is 13.2 Å². The van der Waals surface area contributed by atoms with Crippen molar-refractivity contribution in [2.45, 2.75) is 56.0 Å². The highest BCUT2D eigenvalue weighted by Gasteiger charge is 2.31. The zero-order chi connectivity index (χ0) is 21.7. The van der Waals surface area contributed by atoms with E-state index < -0.39 is 10.0 Å². The zero-order valence-corrected chi connectivity index (χ0v) is 19.5. The number of nitrogens with zero attached hydrogens (tertiary/aromatic N) is 2. The van der Waals surface area contributed by atoms with E-state index >= 15 is 0 Å². The maximum Gasteiger partial charge on any atom is 0.245 e. The molecule has 1 fully saturated rings. The molecule has 1 aliphatic rings. The summed E-state index contributed by atoms with van der Waals surface area (Å²) >= 11 is 1.65. The fourth-order valence-corrected chi connectivity index (χ4v) is 6.30. The lowest BCUT2D eigenvalue weighted by Crippen LogP contribution is -2.38. The summed E-state index contributed by atoms with van der Waals surface area (Å²) in [7, 11) is -0.143. The largest absolute Gasteiger partial charge is 0.324 e. The van der Waals surface area contributed by atoms with Gasteiger partial charge in [-0.05, 0) is 50.4 Å². The Hall–Kier alpha value is -1.74. The van der Waals surface area contributed by atoms with Crippen molar-refractivity contribution in [3.63, 3.8) is 0 Å². The molecule has 0 aliphatic heterocycles. The minimum absolute atomic E-state index is 0.0188. The number of benzene rings is 1. The van der Waals surface area contributed by atoms with E-state index in [2.05, 4.69) is 12.2 Å². The van der Waals surface area contributed by atoms with Crippen LogP contribution in [0.2, 0.25) is 0 Å². The van der Waals surface area contributed by atoms with Gasteiger partial charge in [-0.3, -0.25) is 9.69 Å². The fourth-order valence-electron chi connectivity index (χ4n) is 3.89. The van der Waals surface area contributed by atoms with E-state index in [-0.39, 0.29) is 29.4 Å². The first kappa shape index (κ1) is 22.9. The highest BCUT2D eigenvalue weighted by molar-refractivity contribution is 7.89. The number of thiophene rings is 1. The Bertz CT molecular complexity index is 938. The Morgan fingerprint density at radius 1 is 1.13 bits per heavy atom. The predicted octanol–water partition coefficient (Wildman–Crippen LogP) is 4.33. The molecule has 1 aromatic carbocycles. The van der Waals surface area contributed by atoms with Crippen molar-refractivity contribution in [2.75, 3.05) is 26.0 Å². The second kappa shape index (κ2) is 10.0. The first-order valence-corrected chi connectivity index (χ1v) is 12.7. The molecule has 1 aromatic heterocycles. The molecule has 3 rings (SSSR count). The lowest BCUT2D eigenvalue weighted by atomic mass is 9.96. The van der Waals surface area contributed by atoms with Crippen LogP contribution in [0.25, 0.3) is 0 Å². The van der Waals surface area contributed by atoms with Crippen molar-refractivity contribution in [2.24, 2.45) is 0 Å². The average Bonchev–Trinajstić information content (AvgIpc) is 3.28. The third-order valence-electron chi connectivity index (χ3n) is 5.92. The molecule has 2 aromatic rings. The second-order valence-corrected chi connectivity index (χ2v) is 10.9. The van der Waals surface area contributed by atoms with Crippen molar-refractivity contribution in [1.29, 1.82) is 0 Å². The topological polar surface area (TPSA) is 69.7 Å². The fraction of sp³-hybridized carbons (Fsp3) is 0.500. The summed E-state index contributed by atoms with van der Waals surface area (Å²) in [6, 6.07) is 10.8. The Morgan fingerprint density at radius 3 is 2.50 bits per heavy atom. The summed E-state index contributed by atoms with van der Waals surface area (Å²) in [5.41, 5.74) is 0.335. The van der Waals surface area contributed by atoms with Gasteiger partial charge >= 0.3 is 0 Å². The van der Waals surface area contributed by atoms with E-state index in [1.165, 1.54) is 9.18 Å². The molecule has 1 saturated carbocycles. The molecule has 6 nitrogen and oxygen atoms in total. The van der Waals surface area contributed by atoms with Crippen LogP contribution in [0.3, 0.4) is 0 Å². The number of nitrogens with one attached hydrogen (secondary N) is 1. The van der Waals surface area contributed by atoms with Crippen molar-refractivity contribution in [1.82, 2.24) is 9.21 Å². The van der Waals surface area contributed by atoms with Gasteiger partial charge in [0.05, 0.1) is 12.2 Å². The van der Waals surface area contributed by atoms with Gasteiger partial charge in [-0.25, -0.2) is 8.42 Å². The number of rotatable bonds is 8. The minimum Gasteiger partial charge on any atom is -0.324 e. The molecule has 1 amide bonds. The predicted molar refractivity (Wildman–Crippen MR) is 122 cm³/mol. The van der Waals surface area contributed by atoms with Crippen molar-refractivity contribution in [3.05, 3.63) is 46.7 Å². The molecule has 1 atom stereocenters.